The summed E-state index contributed by atoms with van der Waals surface area (Å²) in [6.07, 6.45) is 0. The average Bonchev–Trinajstić information content (AvgIpc) is 2.59. The molecule has 2 N–H and O–H groups in total. The standard InChI is InChI=1S/C18H14N2O4/c1-11(19-20-17(22)12-6-8-14(21)9-7-12)15-10-13-4-2-3-5-16(13)24-18(15)23/h2-10,21H,1H3,(H,20,22)/b19-11-. The highest BCUT2D eigenvalue weighted by Crippen LogP contribution is 2.13. The Morgan fingerprint density at radius 2 is 1.83 bits per heavy atom. The summed E-state index contributed by atoms with van der Waals surface area (Å²) >= 11 is 0. The third-order valence-corrected chi connectivity index (χ3v) is 3.49. The molecule has 1 amide bonds. The molecule has 3 rings (SSSR count). The molecule has 0 atom stereocenters. The van der Waals surface area contributed by atoms with Crippen LogP contribution in [0, 0.1) is 0 Å². The zero-order chi connectivity index (χ0) is 17.1. The van der Waals surface area contributed by atoms with E-state index in [4.69, 9.17) is 4.42 Å². The Morgan fingerprint density at radius 3 is 2.58 bits per heavy atom. The van der Waals surface area contributed by atoms with Gasteiger partial charge >= 0.3 is 5.63 Å². The lowest BCUT2D eigenvalue weighted by atomic mass is 10.1. The van der Waals surface area contributed by atoms with Crippen LogP contribution in [0.25, 0.3) is 11.0 Å². The highest BCUT2D eigenvalue weighted by molar-refractivity contribution is 6.02. The highest BCUT2D eigenvalue weighted by atomic mass is 16.4. The molecule has 0 aliphatic rings. The molecule has 3 aromatic rings. The van der Waals surface area contributed by atoms with Crippen molar-refractivity contribution in [3.8, 4) is 5.75 Å². The normalized spacial score (nSPS) is 11.5. The van der Waals surface area contributed by atoms with Gasteiger partial charge in [-0.25, -0.2) is 10.2 Å². The molecule has 0 spiro atoms. The summed E-state index contributed by atoms with van der Waals surface area (Å²) in [6.45, 7) is 1.61. The van der Waals surface area contributed by atoms with Crippen molar-refractivity contribution in [3.05, 3.63) is 76.1 Å². The number of carbonyl (C=O) groups excluding carboxylic acids is 1. The van der Waals surface area contributed by atoms with Crippen molar-refractivity contribution < 1.29 is 14.3 Å². The summed E-state index contributed by atoms with van der Waals surface area (Å²) in [7, 11) is 0. The lowest BCUT2D eigenvalue weighted by molar-refractivity contribution is 0.0955. The van der Waals surface area contributed by atoms with Gasteiger partial charge in [0.25, 0.3) is 5.91 Å². The van der Waals surface area contributed by atoms with E-state index in [0.29, 0.717) is 16.9 Å². The minimum atomic E-state index is -0.520. The number of nitrogens with zero attached hydrogens (tertiary/aromatic N) is 1. The number of phenols is 1. The van der Waals surface area contributed by atoms with Gasteiger partial charge in [-0.1, -0.05) is 18.2 Å². The molecule has 2 aromatic carbocycles. The van der Waals surface area contributed by atoms with E-state index < -0.39 is 11.5 Å². The second-order valence-corrected chi connectivity index (χ2v) is 5.17. The Labute approximate surface area is 137 Å². The number of phenolic OH excluding ortho intramolecular Hbond substituents is 1. The van der Waals surface area contributed by atoms with Crippen LogP contribution in [-0.4, -0.2) is 16.7 Å². The summed E-state index contributed by atoms with van der Waals surface area (Å²) in [4.78, 5) is 24.0. The van der Waals surface area contributed by atoms with Crippen molar-refractivity contribution in [1.29, 1.82) is 0 Å². The summed E-state index contributed by atoms with van der Waals surface area (Å²) in [6, 6.07) is 14.6. The number of nitrogens with one attached hydrogen (secondary N) is 1. The molecule has 0 aliphatic heterocycles. The van der Waals surface area contributed by atoms with E-state index in [1.54, 1.807) is 25.1 Å². The van der Waals surface area contributed by atoms with Crippen LogP contribution in [0.15, 0.2) is 68.9 Å². The molecule has 120 valence electrons. The summed E-state index contributed by atoms with van der Waals surface area (Å²) in [5.74, 6) is -0.375. The maximum atomic E-state index is 12.0. The number of para-hydroxylation sites is 1. The van der Waals surface area contributed by atoms with E-state index in [2.05, 4.69) is 10.5 Å². The molecular weight excluding hydrogens is 308 g/mol. The van der Waals surface area contributed by atoms with Gasteiger partial charge < -0.3 is 9.52 Å². The van der Waals surface area contributed by atoms with Crippen LogP contribution in [0.4, 0.5) is 0 Å². The quantitative estimate of drug-likeness (QED) is 0.440. The second-order valence-electron chi connectivity index (χ2n) is 5.17. The topological polar surface area (TPSA) is 91.9 Å². The molecule has 1 heterocycles. The van der Waals surface area contributed by atoms with Crippen molar-refractivity contribution in [2.45, 2.75) is 6.92 Å². The summed E-state index contributed by atoms with van der Waals surface area (Å²) in [5, 5.41) is 13.9. The van der Waals surface area contributed by atoms with Crippen molar-refractivity contribution >= 4 is 22.6 Å². The molecule has 0 aliphatic carbocycles. The number of amides is 1. The SMILES string of the molecule is C/C(=N/NC(=O)c1ccc(O)cc1)c1cc2ccccc2oc1=O. The Morgan fingerprint density at radius 1 is 1.12 bits per heavy atom. The van der Waals surface area contributed by atoms with Crippen LogP contribution < -0.4 is 11.1 Å². The third-order valence-electron chi connectivity index (χ3n) is 3.49. The predicted octanol–water partition coefficient (Wildman–Crippen LogP) is 2.65. The number of rotatable bonds is 3. The van der Waals surface area contributed by atoms with Crippen LogP contribution in [0.1, 0.15) is 22.8 Å². The van der Waals surface area contributed by atoms with E-state index in [1.807, 2.05) is 12.1 Å². The highest BCUT2D eigenvalue weighted by Gasteiger charge is 2.09. The molecule has 1 aromatic heterocycles. The van der Waals surface area contributed by atoms with E-state index >= 15 is 0 Å². The number of hydrazone groups is 1. The lowest BCUT2D eigenvalue weighted by Crippen LogP contribution is -2.21. The molecule has 0 bridgehead atoms. The number of hydrogen-bond donors (Lipinski definition) is 2. The van der Waals surface area contributed by atoms with Crippen molar-refractivity contribution in [2.24, 2.45) is 5.10 Å². The van der Waals surface area contributed by atoms with Gasteiger partial charge in [0.05, 0.1) is 11.3 Å². The molecule has 0 saturated carbocycles. The summed E-state index contributed by atoms with van der Waals surface area (Å²) in [5.41, 5.74) is 3.31. The lowest BCUT2D eigenvalue weighted by Gasteiger charge is -2.04. The van der Waals surface area contributed by atoms with Gasteiger partial charge in [0.2, 0.25) is 0 Å². The molecule has 0 fully saturated rings. The van der Waals surface area contributed by atoms with Crippen molar-refractivity contribution in [1.82, 2.24) is 5.43 Å². The maximum absolute atomic E-state index is 12.0. The average molecular weight is 322 g/mol. The zero-order valence-corrected chi connectivity index (χ0v) is 12.8. The van der Waals surface area contributed by atoms with E-state index in [9.17, 15) is 14.7 Å². The third kappa shape index (κ3) is 3.17. The Kier molecular flexibility index (Phi) is 4.11. The van der Waals surface area contributed by atoms with Gasteiger partial charge in [0, 0.05) is 10.9 Å². The van der Waals surface area contributed by atoms with Crippen LogP contribution in [-0.2, 0) is 0 Å². The van der Waals surface area contributed by atoms with Gasteiger partial charge in [-0.2, -0.15) is 5.10 Å². The zero-order valence-electron chi connectivity index (χ0n) is 12.8. The Bertz CT molecular complexity index is 988. The van der Waals surface area contributed by atoms with Crippen molar-refractivity contribution in [2.75, 3.05) is 0 Å². The van der Waals surface area contributed by atoms with Gasteiger partial charge in [-0.05, 0) is 43.3 Å². The summed E-state index contributed by atoms with van der Waals surface area (Å²) < 4.78 is 5.24. The van der Waals surface area contributed by atoms with Crippen LogP contribution in [0.5, 0.6) is 5.75 Å². The first-order chi connectivity index (χ1) is 11.5. The number of carbonyl (C=O) groups is 1. The largest absolute Gasteiger partial charge is 0.508 e. The Hall–Kier alpha value is -3.41. The van der Waals surface area contributed by atoms with Gasteiger partial charge in [0.1, 0.15) is 11.3 Å². The number of fused-ring (bicyclic) bond motifs is 1. The molecule has 24 heavy (non-hydrogen) atoms. The molecule has 0 radical (unpaired) electrons. The first-order valence-electron chi connectivity index (χ1n) is 7.21. The fourth-order valence-electron chi connectivity index (χ4n) is 2.19. The van der Waals surface area contributed by atoms with E-state index in [1.165, 1.54) is 24.3 Å². The monoisotopic (exact) mass is 322 g/mol. The number of benzene rings is 2. The minimum Gasteiger partial charge on any atom is -0.508 e. The molecule has 6 nitrogen and oxygen atoms in total. The van der Waals surface area contributed by atoms with Crippen molar-refractivity contribution in [3.63, 3.8) is 0 Å². The van der Waals surface area contributed by atoms with Crippen LogP contribution in [0.3, 0.4) is 0 Å². The smallest absolute Gasteiger partial charge is 0.345 e. The molecule has 0 unspecified atom stereocenters. The fraction of sp³-hybridized carbons (Fsp3) is 0.0556. The van der Waals surface area contributed by atoms with Gasteiger partial charge in [0.15, 0.2) is 0 Å². The van der Waals surface area contributed by atoms with Crippen LogP contribution in [0.2, 0.25) is 0 Å². The maximum Gasteiger partial charge on any atom is 0.345 e. The number of hydrogen-bond acceptors (Lipinski definition) is 5. The van der Waals surface area contributed by atoms with Gasteiger partial charge in [-0.3, -0.25) is 4.79 Å². The van der Waals surface area contributed by atoms with Crippen LogP contribution >= 0.6 is 0 Å². The molecule has 0 saturated heterocycles. The fourth-order valence-corrected chi connectivity index (χ4v) is 2.19. The van der Waals surface area contributed by atoms with E-state index in [0.717, 1.165) is 5.39 Å². The molecular formula is C18H14N2O4. The Balaban J connectivity index is 1.85. The molecule has 6 heteroatoms. The first-order valence-corrected chi connectivity index (χ1v) is 7.21. The predicted molar refractivity (Wildman–Crippen MR) is 90.3 cm³/mol. The first kappa shape index (κ1) is 15.5. The van der Waals surface area contributed by atoms with E-state index in [-0.39, 0.29) is 11.3 Å². The minimum absolute atomic E-state index is 0.0694. The second kappa shape index (κ2) is 6.37. The van der Waals surface area contributed by atoms with Gasteiger partial charge in [-0.15, -0.1) is 0 Å². The number of aromatic hydroxyl groups is 1.